The summed E-state index contributed by atoms with van der Waals surface area (Å²) in [5.74, 6) is -0.0760. The first-order chi connectivity index (χ1) is 13.9. The number of aliphatic hydroxyl groups excluding tert-OH is 1. The number of aliphatic hydroxyl groups is 1. The van der Waals surface area contributed by atoms with Gasteiger partial charge in [-0.25, -0.2) is 9.97 Å². The van der Waals surface area contributed by atoms with Crippen LogP contribution in [-0.4, -0.2) is 39.7 Å². The van der Waals surface area contributed by atoms with Gasteiger partial charge in [0.2, 0.25) is 0 Å². The molecule has 7 N–H and O–H groups in total. The number of amides is 1. The largest absolute Gasteiger partial charge is 0.396 e. The Labute approximate surface area is 171 Å². The molecular formula is C21H30N6O2. The molecule has 0 aromatic carbocycles. The van der Waals surface area contributed by atoms with Crippen LogP contribution in [0.4, 0.5) is 17.2 Å². The Morgan fingerprint density at radius 1 is 1.31 bits per heavy atom. The van der Waals surface area contributed by atoms with E-state index in [-0.39, 0.29) is 30.3 Å². The van der Waals surface area contributed by atoms with Gasteiger partial charge in [-0.3, -0.25) is 4.79 Å². The summed E-state index contributed by atoms with van der Waals surface area (Å²) in [7, 11) is 0. The van der Waals surface area contributed by atoms with Gasteiger partial charge in [0.1, 0.15) is 5.82 Å². The molecule has 1 fully saturated rings. The lowest BCUT2D eigenvalue weighted by Crippen LogP contribution is -2.42. The zero-order valence-corrected chi connectivity index (χ0v) is 17.0. The Bertz CT molecular complexity index is 872. The monoisotopic (exact) mass is 398 g/mol. The summed E-state index contributed by atoms with van der Waals surface area (Å²) < 4.78 is 0. The highest BCUT2D eigenvalue weighted by Crippen LogP contribution is 2.27. The molecular weight excluding hydrogens is 368 g/mol. The number of nitrogens with one attached hydrogen (secondary N) is 2. The lowest BCUT2D eigenvalue weighted by molar-refractivity contribution is 0.0996. The number of hydrogen-bond donors (Lipinski definition) is 5. The number of carbonyl (C=O) groups excluding carboxylic acids is 1. The van der Waals surface area contributed by atoms with Gasteiger partial charge in [-0.05, 0) is 43.5 Å². The number of hydrogen-bond acceptors (Lipinski definition) is 7. The summed E-state index contributed by atoms with van der Waals surface area (Å²) in [6, 6.07) is 5.87. The number of nitrogens with zero attached hydrogens (tertiary/aromatic N) is 2. The Kier molecular flexibility index (Phi) is 6.66. The molecule has 1 unspecified atom stereocenters. The van der Waals surface area contributed by atoms with Crippen LogP contribution >= 0.6 is 0 Å². The van der Waals surface area contributed by atoms with E-state index in [4.69, 9.17) is 11.5 Å². The number of rotatable bonds is 7. The molecule has 0 saturated heterocycles. The van der Waals surface area contributed by atoms with E-state index in [0.717, 1.165) is 42.6 Å². The summed E-state index contributed by atoms with van der Waals surface area (Å²) in [5.41, 5.74) is 14.9. The second-order valence-electron chi connectivity index (χ2n) is 7.82. The highest BCUT2D eigenvalue weighted by atomic mass is 16.3. The second-order valence-corrected chi connectivity index (χ2v) is 7.82. The highest BCUT2D eigenvalue weighted by molar-refractivity contribution is 5.97. The molecule has 0 radical (unpaired) electrons. The van der Waals surface area contributed by atoms with Crippen LogP contribution in [0.5, 0.6) is 0 Å². The van der Waals surface area contributed by atoms with Crippen LogP contribution in [0.25, 0.3) is 0 Å². The van der Waals surface area contributed by atoms with Crippen molar-refractivity contribution in [2.75, 3.05) is 17.2 Å². The SMILES string of the molecule is Cc1cc(C(C)CO)cc(Nc2cc(N[C@@H]3CCCC[C@@H]3N)cnc2C(N)=O)n1. The minimum absolute atomic E-state index is 0.0215. The predicted octanol–water partition coefficient (Wildman–Crippen LogP) is 2.41. The molecule has 8 nitrogen and oxygen atoms in total. The molecule has 1 aliphatic carbocycles. The number of anilines is 3. The molecule has 0 bridgehead atoms. The van der Waals surface area contributed by atoms with Gasteiger partial charge >= 0.3 is 0 Å². The van der Waals surface area contributed by atoms with Gasteiger partial charge in [-0.15, -0.1) is 0 Å². The fraction of sp³-hybridized carbons (Fsp3) is 0.476. The Hall–Kier alpha value is -2.71. The maximum absolute atomic E-state index is 11.9. The van der Waals surface area contributed by atoms with E-state index in [1.54, 1.807) is 6.20 Å². The topological polar surface area (TPSA) is 139 Å². The molecule has 2 aromatic rings. The third-order valence-electron chi connectivity index (χ3n) is 5.37. The van der Waals surface area contributed by atoms with Crippen molar-refractivity contribution in [3.05, 3.63) is 41.3 Å². The van der Waals surface area contributed by atoms with Crippen molar-refractivity contribution in [2.24, 2.45) is 11.5 Å². The lowest BCUT2D eigenvalue weighted by Gasteiger charge is -2.30. The maximum atomic E-state index is 11.9. The van der Waals surface area contributed by atoms with Crippen molar-refractivity contribution in [1.29, 1.82) is 0 Å². The Balaban J connectivity index is 1.89. The molecule has 2 heterocycles. The van der Waals surface area contributed by atoms with E-state index in [9.17, 15) is 9.90 Å². The summed E-state index contributed by atoms with van der Waals surface area (Å²) >= 11 is 0. The number of carbonyl (C=O) groups is 1. The standard InChI is InChI=1S/C21H30N6O2/c1-12(11-28)14-7-13(2)25-19(8-14)27-18-9-15(10-24-20(18)21(23)29)26-17-6-4-3-5-16(17)22/h7-10,12,16-17,26,28H,3-6,11,22H2,1-2H3,(H2,23,29)(H,25,27)/t12?,16-,17+/m0/s1. The van der Waals surface area contributed by atoms with Crippen molar-refractivity contribution < 1.29 is 9.90 Å². The maximum Gasteiger partial charge on any atom is 0.269 e. The highest BCUT2D eigenvalue weighted by Gasteiger charge is 2.22. The van der Waals surface area contributed by atoms with Gasteiger partial charge in [0, 0.05) is 30.3 Å². The number of pyridine rings is 2. The fourth-order valence-electron chi connectivity index (χ4n) is 3.68. The van der Waals surface area contributed by atoms with Crippen molar-refractivity contribution in [2.45, 2.75) is 57.5 Å². The molecule has 1 amide bonds. The molecule has 156 valence electrons. The van der Waals surface area contributed by atoms with Gasteiger partial charge in [-0.2, -0.15) is 0 Å². The fourth-order valence-corrected chi connectivity index (χ4v) is 3.68. The number of aromatic nitrogens is 2. The Morgan fingerprint density at radius 2 is 2.07 bits per heavy atom. The average Bonchev–Trinajstić information content (AvgIpc) is 2.68. The van der Waals surface area contributed by atoms with Gasteiger partial charge in [0.05, 0.1) is 17.6 Å². The van der Waals surface area contributed by atoms with Crippen LogP contribution in [0.1, 0.15) is 60.3 Å². The normalized spacial score (nSPS) is 20.1. The van der Waals surface area contributed by atoms with Gasteiger partial charge < -0.3 is 27.2 Å². The molecule has 1 saturated carbocycles. The van der Waals surface area contributed by atoms with Gasteiger partial charge in [0.25, 0.3) is 5.91 Å². The van der Waals surface area contributed by atoms with Crippen LogP contribution in [-0.2, 0) is 0 Å². The quantitative estimate of drug-likeness (QED) is 0.482. The summed E-state index contributed by atoms with van der Waals surface area (Å²) in [6.07, 6.45) is 5.90. The predicted molar refractivity (Wildman–Crippen MR) is 114 cm³/mol. The summed E-state index contributed by atoms with van der Waals surface area (Å²) in [5, 5.41) is 16.1. The summed E-state index contributed by atoms with van der Waals surface area (Å²) in [6.45, 7) is 3.86. The number of nitrogens with two attached hydrogens (primary N) is 2. The third kappa shape index (κ3) is 5.21. The van der Waals surface area contributed by atoms with E-state index in [2.05, 4.69) is 20.6 Å². The smallest absolute Gasteiger partial charge is 0.269 e. The minimum Gasteiger partial charge on any atom is -0.396 e. The molecule has 0 aliphatic heterocycles. The molecule has 1 aliphatic rings. The van der Waals surface area contributed by atoms with E-state index < -0.39 is 5.91 Å². The first-order valence-electron chi connectivity index (χ1n) is 10.1. The van der Waals surface area contributed by atoms with Crippen LogP contribution in [0.15, 0.2) is 24.4 Å². The number of aryl methyl sites for hydroxylation is 1. The average molecular weight is 399 g/mol. The lowest BCUT2D eigenvalue weighted by atomic mass is 9.91. The Morgan fingerprint density at radius 3 is 2.76 bits per heavy atom. The molecule has 2 aromatic heterocycles. The molecule has 0 spiro atoms. The molecule has 3 rings (SSSR count). The zero-order valence-electron chi connectivity index (χ0n) is 17.0. The van der Waals surface area contributed by atoms with E-state index in [0.29, 0.717) is 11.5 Å². The minimum atomic E-state index is -0.620. The first kappa shape index (κ1) is 21.0. The van der Waals surface area contributed by atoms with E-state index in [1.165, 1.54) is 0 Å². The van der Waals surface area contributed by atoms with Crippen LogP contribution in [0.2, 0.25) is 0 Å². The molecule has 8 heteroatoms. The van der Waals surface area contributed by atoms with Gasteiger partial charge in [-0.1, -0.05) is 19.8 Å². The van der Waals surface area contributed by atoms with E-state index >= 15 is 0 Å². The zero-order chi connectivity index (χ0) is 21.0. The van der Waals surface area contributed by atoms with Crippen molar-refractivity contribution in [1.82, 2.24) is 9.97 Å². The van der Waals surface area contributed by atoms with Crippen LogP contribution < -0.4 is 22.1 Å². The molecule has 3 atom stereocenters. The van der Waals surface area contributed by atoms with Crippen molar-refractivity contribution in [3.63, 3.8) is 0 Å². The van der Waals surface area contributed by atoms with Crippen molar-refractivity contribution in [3.8, 4) is 0 Å². The molecule has 29 heavy (non-hydrogen) atoms. The third-order valence-corrected chi connectivity index (χ3v) is 5.37. The summed E-state index contributed by atoms with van der Waals surface area (Å²) in [4.78, 5) is 20.6. The van der Waals surface area contributed by atoms with E-state index in [1.807, 2.05) is 32.0 Å². The van der Waals surface area contributed by atoms with Crippen LogP contribution in [0.3, 0.4) is 0 Å². The number of primary amides is 1. The van der Waals surface area contributed by atoms with Gasteiger partial charge in [0.15, 0.2) is 5.69 Å². The second kappa shape index (κ2) is 9.19. The first-order valence-corrected chi connectivity index (χ1v) is 10.1. The van der Waals surface area contributed by atoms with Crippen LogP contribution in [0, 0.1) is 6.92 Å². The van der Waals surface area contributed by atoms with Crippen molar-refractivity contribution >= 4 is 23.1 Å².